The summed E-state index contributed by atoms with van der Waals surface area (Å²) in [7, 11) is 0. The first-order valence-corrected chi connectivity index (χ1v) is 9.01. The molecule has 3 aromatic rings. The Hall–Kier alpha value is -3.89. The Bertz CT molecular complexity index is 1110. The van der Waals surface area contributed by atoms with Gasteiger partial charge in [0, 0.05) is 17.5 Å². The number of ether oxygens (including phenoxy) is 1. The molecule has 0 bridgehead atoms. The van der Waals surface area contributed by atoms with Crippen molar-refractivity contribution in [2.24, 2.45) is 0 Å². The highest BCUT2D eigenvalue weighted by Crippen LogP contribution is 2.32. The number of phenolic OH excluding ortho intramolecular Hbond substituents is 1. The van der Waals surface area contributed by atoms with E-state index < -0.39 is 24.1 Å². The Labute approximate surface area is 172 Å². The van der Waals surface area contributed by atoms with Crippen molar-refractivity contribution >= 4 is 11.7 Å². The van der Waals surface area contributed by atoms with Crippen molar-refractivity contribution in [1.29, 1.82) is 0 Å². The van der Waals surface area contributed by atoms with Crippen LogP contribution in [-0.4, -0.2) is 44.7 Å². The molecule has 31 heavy (non-hydrogen) atoms. The summed E-state index contributed by atoms with van der Waals surface area (Å²) in [6.07, 6.45) is -4.81. The number of benzene rings is 2. The van der Waals surface area contributed by atoms with Crippen LogP contribution in [-0.2, 0) is 4.79 Å². The maximum atomic E-state index is 12.8. The standard InChI is InChI=1S/C20H14F3N3O5/c21-20(22,23)30-15-7-3-11(4-8-15)17-24-18(31-25-17)16-9-14(28)10-26(16)19(29)12-1-5-13(27)6-2-12/h1-8,16,27H,9-10H2/t16-/m0/s1. The fraction of sp³-hybridized carbons (Fsp3) is 0.200. The number of carbonyl (C=O) groups excluding carboxylic acids is 2. The van der Waals surface area contributed by atoms with Crippen LogP contribution in [0.3, 0.4) is 0 Å². The van der Waals surface area contributed by atoms with Gasteiger partial charge in [-0.15, -0.1) is 13.2 Å². The van der Waals surface area contributed by atoms with Crippen molar-refractivity contribution in [3.63, 3.8) is 0 Å². The third-order valence-electron chi connectivity index (χ3n) is 4.59. The van der Waals surface area contributed by atoms with Crippen molar-refractivity contribution < 1.29 is 37.1 Å². The van der Waals surface area contributed by atoms with Gasteiger partial charge in [0.2, 0.25) is 11.7 Å². The lowest BCUT2D eigenvalue weighted by Crippen LogP contribution is -2.31. The maximum absolute atomic E-state index is 12.8. The van der Waals surface area contributed by atoms with Crippen LogP contribution in [0.5, 0.6) is 11.5 Å². The van der Waals surface area contributed by atoms with E-state index in [2.05, 4.69) is 14.9 Å². The van der Waals surface area contributed by atoms with Crippen LogP contribution in [0.25, 0.3) is 11.4 Å². The van der Waals surface area contributed by atoms with Gasteiger partial charge in [-0.3, -0.25) is 9.59 Å². The van der Waals surface area contributed by atoms with E-state index in [0.29, 0.717) is 5.56 Å². The lowest BCUT2D eigenvalue weighted by Gasteiger charge is -2.20. The van der Waals surface area contributed by atoms with E-state index in [0.717, 1.165) is 12.1 Å². The third kappa shape index (κ3) is 4.49. The van der Waals surface area contributed by atoms with Crippen LogP contribution >= 0.6 is 0 Å². The number of likely N-dealkylation sites (tertiary alicyclic amines) is 1. The molecule has 11 heteroatoms. The molecule has 0 spiro atoms. The molecular weight excluding hydrogens is 419 g/mol. The molecule has 1 aliphatic heterocycles. The predicted octanol–water partition coefficient (Wildman–Crippen LogP) is 3.50. The summed E-state index contributed by atoms with van der Waals surface area (Å²) in [6, 6.07) is 9.68. The molecule has 1 saturated heterocycles. The summed E-state index contributed by atoms with van der Waals surface area (Å²) >= 11 is 0. The number of nitrogens with zero attached hydrogens (tertiary/aromatic N) is 3. The Morgan fingerprint density at radius 1 is 1.13 bits per heavy atom. The number of rotatable bonds is 4. The molecule has 4 rings (SSSR count). The van der Waals surface area contributed by atoms with Crippen molar-refractivity contribution in [2.75, 3.05) is 6.54 Å². The quantitative estimate of drug-likeness (QED) is 0.671. The van der Waals surface area contributed by atoms with E-state index in [9.17, 15) is 27.9 Å². The van der Waals surface area contributed by atoms with Crippen LogP contribution in [0.4, 0.5) is 13.2 Å². The zero-order valence-corrected chi connectivity index (χ0v) is 15.7. The van der Waals surface area contributed by atoms with Crippen LogP contribution in [0.1, 0.15) is 28.7 Å². The first kappa shape index (κ1) is 20.4. The molecule has 1 amide bonds. The molecule has 8 nitrogen and oxygen atoms in total. The van der Waals surface area contributed by atoms with Gasteiger partial charge in [-0.1, -0.05) is 5.16 Å². The summed E-state index contributed by atoms with van der Waals surface area (Å²) < 4.78 is 45.9. The molecule has 1 aliphatic rings. The highest BCUT2D eigenvalue weighted by atomic mass is 19.4. The first-order valence-electron chi connectivity index (χ1n) is 9.01. The largest absolute Gasteiger partial charge is 0.573 e. The summed E-state index contributed by atoms with van der Waals surface area (Å²) in [4.78, 5) is 30.4. The number of aromatic hydroxyl groups is 1. The lowest BCUT2D eigenvalue weighted by molar-refractivity contribution is -0.274. The zero-order chi connectivity index (χ0) is 22.2. The number of ketones is 1. The molecule has 0 saturated carbocycles. The second-order valence-electron chi connectivity index (χ2n) is 6.77. The zero-order valence-electron chi connectivity index (χ0n) is 15.7. The highest BCUT2D eigenvalue weighted by molar-refractivity contribution is 5.99. The fourth-order valence-corrected chi connectivity index (χ4v) is 3.19. The van der Waals surface area contributed by atoms with Crippen LogP contribution in [0.2, 0.25) is 0 Å². The number of phenols is 1. The number of hydrogen-bond donors (Lipinski definition) is 1. The van der Waals surface area contributed by atoms with Gasteiger partial charge >= 0.3 is 6.36 Å². The topological polar surface area (TPSA) is 106 Å². The van der Waals surface area contributed by atoms with Gasteiger partial charge in [0.1, 0.15) is 17.5 Å². The summed E-state index contributed by atoms with van der Waals surface area (Å²) in [5.74, 6) is -0.908. The minimum absolute atomic E-state index is 0.00112. The Morgan fingerprint density at radius 2 is 1.81 bits per heavy atom. The average Bonchev–Trinajstić information content (AvgIpc) is 3.34. The summed E-state index contributed by atoms with van der Waals surface area (Å²) in [5.41, 5.74) is 0.641. The van der Waals surface area contributed by atoms with E-state index in [1.54, 1.807) is 0 Å². The smallest absolute Gasteiger partial charge is 0.508 e. The Balaban J connectivity index is 1.55. The van der Waals surface area contributed by atoms with Crippen molar-refractivity contribution in [1.82, 2.24) is 15.0 Å². The molecule has 1 atom stereocenters. The molecule has 160 valence electrons. The van der Waals surface area contributed by atoms with Crippen molar-refractivity contribution in [3.8, 4) is 22.9 Å². The number of aromatic nitrogens is 2. The van der Waals surface area contributed by atoms with Crippen LogP contribution < -0.4 is 4.74 Å². The van der Waals surface area contributed by atoms with E-state index in [4.69, 9.17) is 4.52 Å². The van der Waals surface area contributed by atoms with Crippen molar-refractivity contribution in [3.05, 3.63) is 60.0 Å². The minimum Gasteiger partial charge on any atom is -0.508 e. The normalized spacial score (nSPS) is 16.5. The number of carbonyl (C=O) groups is 2. The minimum atomic E-state index is -4.80. The van der Waals surface area contributed by atoms with Gasteiger partial charge in [-0.2, -0.15) is 4.98 Å². The van der Waals surface area contributed by atoms with E-state index in [1.807, 2.05) is 0 Å². The predicted molar refractivity (Wildman–Crippen MR) is 97.9 cm³/mol. The first-order chi connectivity index (χ1) is 14.7. The van der Waals surface area contributed by atoms with Gasteiger partial charge in [0.05, 0.1) is 6.54 Å². The molecule has 2 heterocycles. The Morgan fingerprint density at radius 3 is 2.45 bits per heavy atom. The second-order valence-corrected chi connectivity index (χ2v) is 6.77. The Kier molecular flexibility index (Phi) is 5.09. The third-order valence-corrected chi connectivity index (χ3v) is 4.59. The average molecular weight is 433 g/mol. The van der Waals surface area contributed by atoms with Crippen LogP contribution in [0, 0.1) is 0 Å². The highest BCUT2D eigenvalue weighted by Gasteiger charge is 2.39. The fourth-order valence-electron chi connectivity index (χ4n) is 3.19. The number of halogens is 3. The number of amides is 1. The number of hydrogen-bond acceptors (Lipinski definition) is 7. The molecule has 1 aromatic heterocycles. The molecule has 0 aliphatic carbocycles. The molecule has 0 radical (unpaired) electrons. The van der Waals surface area contributed by atoms with Gasteiger partial charge in [-0.05, 0) is 48.5 Å². The summed E-state index contributed by atoms with van der Waals surface area (Å²) in [6.45, 7) is -0.133. The van der Waals surface area contributed by atoms with E-state index in [1.165, 1.54) is 41.3 Å². The molecule has 2 aromatic carbocycles. The second kappa shape index (κ2) is 7.74. The molecular formula is C20H14F3N3O5. The van der Waals surface area contributed by atoms with Gasteiger partial charge in [0.15, 0.2) is 5.78 Å². The van der Waals surface area contributed by atoms with Gasteiger partial charge < -0.3 is 19.3 Å². The number of Topliss-reactive ketones (excluding diaryl/α,β-unsaturated/α-hetero) is 1. The van der Waals surface area contributed by atoms with Gasteiger partial charge in [0.25, 0.3) is 5.91 Å². The van der Waals surface area contributed by atoms with Crippen LogP contribution in [0.15, 0.2) is 53.1 Å². The maximum Gasteiger partial charge on any atom is 0.573 e. The van der Waals surface area contributed by atoms with E-state index in [-0.39, 0.29) is 41.8 Å². The van der Waals surface area contributed by atoms with E-state index >= 15 is 0 Å². The lowest BCUT2D eigenvalue weighted by atomic mass is 10.1. The number of alkyl halides is 3. The molecule has 0 unspecified atom stereocenters. The SMILES string of the molecule is O=C1C[C@@H](c2nc(-c3ccc(OC(F)(F)F)cc3)no2)N(C(=O)c2ccc(O)cc2)C1. The molecule has 1 N–H and O–H groups in total. The summed E-state index contributed by atoms with van der Waals surface area (Å²) in [5, 5.41) is 13.2. The van der Waals surface area contributed by atoms with Crippen molar-refractivity contribution in [2.45, 2.75) is 18.8 Å². The monoisotopic (exact) mass is 433 g/mol. The van der Waals surface area contributed by atoms with Gasteiger partial charge in [-0.25, -0.2) is 0 Å². The molecule has 1 fully saturated rings.